The van der Waals surface area contributed by atoms with Gasteiger partial charge in [-0.15, -0.1) is 0 Å². The molecule has 1 saturated heterocycles. The lowest BCUT2D eigenvalue weighted by Crippen LogP contribution is -2.35. The van der Waals surface area contributed by atoms with Gasteiger partial charge in [-0.25, -0.2) is 4.98 Å². The van der Waals surface area contributed by atoms with Gasteiger partial charge in [0.05, 0.1) is 18.3 Å². The summed E-state index contributed by atoms with van der Waals surface area (Å²) in [5.41, 5.74) is 4.27. The first kappa shape index (κ1) is 15.9. The Labute approximate surface area is 148 Å². The quantitative estimate of drug-likeness (QED) is 0.755. The summed E-state index contributed by atoms with van der Waals surface area (Å²) >= 11 is 0. The molecule has 0 unspecified atom stereocenters. The summed E-state index contributed by atoms with van der Waals surface area (Å²) in [6, 6.07) is 19.1. The van der Waals surface area contributed by atoms with Gasteiger partial charge in [0.15, 0.2) is 0 Å². The lowest BCUT2D eigenvalue weighted by atomic mass is 10.0. The molecule has 128 valence electrons. The van der Waals surface area contributed by atoms with E-state index in [1.807, 2.05) is 18.2 Å². The summed E-state index contributed by atoms with van der Waals surface area (Å²) in [6.07, 6.45) is 2.29. The maximum Gasteiger partial charge on any atom is 0.118 e. The van der Waals surface area contributed by atoms with Gasteiger partial charge >= 0.3 is 0 Å². The third-order valence-corrected chi connectivity index (χ3v) is 4.80. The van der Waals surface area contributed by atoms with E-state index >= 15 is 0 Å². The smallest absolute Gasteiger partial charge is 0.118 e. The van der Waals surface area contributed by atoms with Crippen LogP contribution in [0.1, 0.15) is 12.8 Å². The minimum Gasteiger partial charge on any atom is -0.497 e. The van der Waals surface area contributed by atoms with Crippen LogP contribution in [0.4, 0.5) is 5.69 Å². The minimum atomic E-state index is 0.510. The molecule has 1 aliphatic heterocycles. The second-order valence-corrected chi connectivity index (χ2v) is 6.47. The van der Waals surface area contributed by atoms with Crippen LogP contribution in [0.15, 0.2) is 54.6 Å². The molecule has 2 aromatic carbocycles. The van der Waals surface area contributed by atoms with Crippen LogP contribution < -0.4 is 15.4 Å². The van der Waals surface area contributed by atoms with E-state index in [1.54, 1.807) is 7.11 Å². The molecule has 0 saturated carbocycles. The zero-order valence-electron chi connectivity index (χ0n) is 14.5. The fourth-order valence-corrected chi connectivity index (χ4v) is 3.39. The van der Waals surface area contributed by atoms with E-state index in [2.05, 4.69) is 47.0 Å². The van der Waals surface area contributed by atoms with Crippen molar-refractivity contribution in [2.24, 2.45) is 0 Å². The fourth-order valence-electron chi connectivity index (χ4n) is 3.39. The molecule has 4 nitrogen and oxygen atoms in total. The van der Waals surface area contributed by atoms with E-state index < -0.39 is 0 Å². The number of rotatable bonds is 4. The number of ether oxygens (including phenoxy) is 1. The minimum absolute atomic E-state index is 0.510. The van der Waals surface area contributed by atoms with E-state index in [0.29, 0.717) is 6.04 Å². The summed E-state index contributed by atoms with van der Waals surface area (Å²) in [7, 11) is 1.68. The molecule has 0 amide bonds. The van der Waals surface area contributed by atoms with Gasteiger partial charge in [-0.3, -0.25) is 0 Å². The fraction of sp³-hybridized carbons (Fsp3) is 0.286. The van der Waals surface area contributed by atoms with Crippen molar-refractivity contribution in [1.82, 2.24) is 10.3 Å². The van der Waals surface area contributed by atoms with Crippen molar-refractivity contribution in [1.29, 1.82) is 0 Å². The second-order valence-electron chi connectivity index (χ2n) is 6.47. The number of benzene rings is 2. The molecule has 2 N–H and O–H groups in total. The molecule has 0 aliphatic carbocycles. The monoisotopic (exact) mass is 333 g/mol. The van der Waals surface area contributed by atoms with E-state index in [4.69, 9.17) is 9.72 Å². The Hall–Kier alpha value is -2.59. The number of hydrogen-bond donors (Lipinski definition) is 2. The zero-order chi connectivity index (χ0) is 17.1. The highest BCUT2D eigenvalue weighted by Gasteiger charge is 2.15. The molecule has 3 aromatic rings. The summed E-state index contributed by atoms with van der Waals surface area (Å²) < 4.78 is 5.26. The third-order valence-electron chi connectivity index (χ3n) is 4.80. The van der Waals surface area contributed by atoms with Crippen molar-refractivity contribution >= 4 is 16.6 Å². The Morgan fingerprint density at radius 3 is 2.56 bits per heavy atom. The maximum atomic E-state index is 5.26. The molecule has 1 aliphatic rings. The van der Waals surface area contributed by atoms with Gasteiger partial charge in [-0.05, 0) is 62.3 Å². The van der Waals surface area contributed by atoms with Crippen LogP contribution >= 0.6 is 0 Å². The summed E-state index contributed by atoms with van der Waals surface area (Å²) in [5, 5.41) is 8.35. The highest BCUT2D eigenvalue weighted by atomic mass is 16.5. The number of fused-ring (bicyclic) bond motifs is 1. The summed E-state index contributed by atoms with van der Waals surface area (Å²) in [6.45, 7) is 2.15. The molecule has 25 heavy (non-hydrogen) atoms. The van der Waals surface area contributed by atoms with Gasteiger partial charge in [-0.1, -0.05) is 18.2 Å². The number of methoxy groups -OCH3 is 1. The lowest BCUT2D eigenvalue weighted by molar-refractivity contribution is 0.415. The first-order valence-electron chi connectivity index (χ1n) is 8.85. The number of hydrogen-bond acceptors (Lipinski definition) is 4. The number of aromatic nitrogens is 1. The number of piperidine rings is 1. The van der Waals surface area contributed by atoms with Crippen molar-refractivity contribution in [2.75, 3.05) is 25.5 Å². The van der Waals surface area contributed by atoms with Crippen molar-refractivity contribution in [2.45, 2.75) is 18.9 Å². The molecular formula is C21H23N3O. The number of nitrogens with zero attached hydrogens (tertiary/aromatic N) is 1. The van der Waals surface area contributed by atoms with E-state index in [9.17, 15) is 0 Å². The van der Waals surface area contributed by atoms with Crippen molar-refractivity contribution in [3.8, 4) is 17.0 Å². The Morgan fingerprint density at radius 2 is 1.80 bits per heavy atom. The predicted molar refractivity (Wildman–Crippen MR) is 103 cm³/mol. The van der Waals surface area contributed by atoms with Gasteiger partial charge < -0.3 is 15.4 Å². The topological polar surface area (TPSA) is 46.2 Å². The number of anilines is 1. The van der Waals surface area contributed by atoms with E-state index in [1.165, 1.54) is 11.1 Å². The molecule has 0 bridgehead atoms. The third kappa shape index (κ3) is 3.44. The van der Waals surface area contributed by atoms with Crippen molar-refractivity contribution in [3.63, 3.8) is 0 Å². The van der Waals surface area contributed by atoms with Crippen LogP contribution in [0.3, 0.4) is 0 Å². The van der Waals surface area contributed by atoms with Crippen LogP contribution in [0, 0.1) is 0 Å². The summed E-state index contributed by atoms with van der Waals surface area (Å²) in [4.78, 5) is 4.86. The first-order chi connectivity index (χ1) is 12.3. The van der Waals surface area contributed by atoms with Crippen molar-refractivity contribution < 1.29 is 4.74 Å². The number of para-hydroxylation sites is 1. The van der Waals surface area contributed by atoms with Crippen LogP contribution in [0.25, 0.3) is 22.2 Å². The second kappa shape index (κ2) is 7.11. The van der Waals surface area contributed by atoms with Crippen LogP contribution in [-0.4, -0.2) is 31.2 Å². The molecule has 4 rings (SSSR count). The van der Waals surface area contributed by atoms with Gasteiger partial charge in [0.1, 0.15) is 5.75 Å². The molecule has 0 spiro atoms. The Morgan fingerprint density at radius 1 is 1.04 bits per heavy atom. The predicted octanol–water partition coefficient (Wildman–Crippen LogP) is 4.07. The molecule has 1 fully saturated rings. The molecule has 1 aromatic heterocycles. The Balaban J connectivity index is 1.74. The van der Waals surface area contributed by atoms with Gasteiger partial charge in [-0.2, -0.15) is 0 Å². The number of pyridine rings is 1. The van der Waals surface area contributed by atoms with Crippen LogP contribution in [-0.2, 0) is 0 Å². The summed E-state index contributed by atoms with van der Waals surface area (Å²) in [5.74, 6) is 0.859. The molecular weight excluding hydrogens is 310 g/mol. The largest absolute Gasteiger partial charge is 0.497 e. The molecule has 0 radical (unpaired) electrons. The van der Waals surface area contributed by atoms with Gasteiger partial charge in [0.25, 0.3) is 0 Å². The average molecular weight is 333 g/mol. The zero-order valence-corrected chi connectivity index (χ0v) is 14.5. The Kier molecular flexibility index (Phi) is 4.53. The van der Waals surface area contributed by atoms with E-state index in [-0.39, 0.29) is 0 Å². The Bertz CT molecular complexity index is 855. The van der Waals surface area contributed by atoms with Gasteiger partial charge in [0.2, 0.25) is 0 Å². The lowest BCUT2D eigenvalue weighted by Gasteiger charge is -2.25. The van der Waals surface area contributed by atoms with Gasteiger partial charge in [0, 0.05) is 22.7 Å². The van der Waals surface area contributed by atoms with E-state index in [0.717, 1.165) is 48.5 Å². The number of nitrogens with one attached hydrogen (secondary N) is 2. The molecule has 4 heteroatoms. The average Bonchev–Trinajstić information content (AvgIpc) is 2.69. The first-order valence-corrected chi connectivity index (χ1v) is 8.85. The standard InChI is InChI=1S/C21H23N3O/c1-25-17-8-6-15(7-9-17)20-14-21(23-16-10-12-22-13-11-16)18-4-2-3-5-19(18)24-20/h2-9,14,16,22H,10-13H2,1H3,(H,23,24). The van der Waals surface area contributed by atoms with Crippen molar-refractivity contribution in [3.05, 3.63) is 54.6 Å². The van der Waals surface area contributed by atoms with Crippen LogP contribution in [0.2, 0.25) is 0 Å². The maximum absolute atomic E-state index is 5.26. The highest BCUT2D eigenvalue weighted by Crippen LogP contribution is 2.30. The van der Waals surface area contributed by atoms with Crippen LogP contribution in [0.5, 0.6) is 5.75 Å². The normalized spacial score (nSPS) is 15.2. The highest BCUT2D eigenvalue weighted by molar-refractivity contribution is 5.93. The molecule has 0 atom stereocenters. The SMILES string of the molecule is COc1ccc(-c2cc(NC3CCNCC3)c3ccccc3n2)cc1. The molecule has 2 heterocycles.